The lowest BCUT2D eigenvalue weighted by Crippen LogP contribution is -2.17. The summed E-state index contributed by atoms with van der Waals surface area (Å²) < 4.78 is 1.86. The van der Waals surface area contributed by atoms with Crippen molar-refractivity contribution < 1.29 is 9.72 Å². The topological polar surface area (TPSA) is 90.1 Å². The molecule has 0 spiro atoms. The summed E-state index contributed by atoms with van der Waals surface area (Å²) in [5, 5.41) is 18.0. The number of anilines is 1. The molecule has 1 saturated carbocycles. The van der Waals surface area contributed by atoms with Gasteiger partial charge in [0.15, 0.2) is 0 Å². The molecule has 1 fully saturated rings. The van der Waals surface area contributed by atoms with Crippen LogP contribution < -0.4 is 5.32 Å². The molecule has 1 aromatic heterocycles. The van der Waals surface area contributed by atoms with Gasteiger partial charge in [-0.3, -0.25) is 14.9 Å². The molecule has 0 unspecified atom stereocenters. The minimum Gasteiger partial charge on any atom is -0.307 e. The molecule has 1 N–H and O–H groups in total. The number of hydrogen-bond donors (Lipinski definition) is 1. The van der Waals surface area contributed by atoms with E-state index in [4.69, 9.17) is 0 Å². The van der Waals surface area contributed by atoms with Crippen LogP contribution in [0, 0.1) is 17.0 Å². The Morgan fingerprint density at radius 2 is 2.09 bits per heavy atom. The number of amides is 1. The highest BCUT2D eigenvalue weighted by molar-refractivity contribution is 6.04. The second-order valence-corrected chi connectivity index (χ2v) is 5.81. The van der Waals surface area contributed by atoms with Gasteiger partial charge in [-0.05, 0) is 31.9 Å². The smallest absolute Gasteiger partial charge is 0.272 e. The largest absolute Gasteiger partial charge is 0.307 e. The van der Waals surface area contributed by atoms with Crippen molar-refractivity contribution in [2.24, 2.45) is 0 Å². The molecule has 0 bridgehead atoms. The second kappa shape index (κ2) is 6.20. The van der Waals surface area contributed by atoms with Gasteiger partial charge in [0, 0.05) is 23.3 Å². The van der Waals surface area contributed by atoms with Crippen LogP contribution in [0.15, 0.2) is 30.5 Å². The van der Waals surface area contributed by atoms with E-state index in [1.54, 1.807) is 19.2 Å². The summed E-state index contributed by atoms with van der Waals surface area (Å²) in [6.07, 6.45) is 6.18. The first-order valence-electron chi connectivity index (χ1n) is 7.66. The third-order valence-corrected chi connectivity index (χ3v) is 4.24. The van der Waals surface area contributed by atoms with Crippen LogP contribution in [-0.2, 0) is 0 Å². The molecule has 1 amide bonds. The van der Waals surface area contributed by atoms with Crippen molar-refractivity contribution in [1.82, 2.24) is 9.78 Å². The van der Waals surface area contributed by atoms with Gasteiger partial charge in [-0.15, -0.1) is 0 Å². The first-order chi connectivity index (χ1) is 11.1. The maximum atomic E-state index is 12.4. The Balaban J connectivity index is 1.78. The van der Waals surface area contributed by atoms with E-state index in [0.29, 0.717) is 23.0 Å². The molecule has 0 radical (unpaired) electrons. The van der Waals surface area contributed by atoms with Gasteiger partial charge < -0.3 is 5.32 Å². The summed E-state index contributed by atoms with van der Waals surface area (Å²) >= 11 is 0. The maximum absolute atomic E-state index is 12.4. The van der Waals surface area contributed by atoms with Crippen molar-refractivity contribution in [2.75, 3.05) is 5.32 Å². The molecule has 0 aliphatic heterocycles. The van der Waals surface area contributed by atoms with Crippen LogP contribution in [0.25, 0.3) is 0 Å². The van der Waals surface area contributed by atoms with Crippen LogP contribution in [0.1, 0.15) is 47.6 Å². The molecule has 1 aromatic carbocycles. The van der Waals surface area contributed by atoms with E-state index in [0.717, 1.165) is 12.8 Å². The Morgan fingerprint density at radius 3 is 2.74 bits per heavy atom. The lowest BCUT2D eigenvalue weighted by atomic mass is 10.1. The number of rotatable bonds is 4. The van der Waals surface area contributed by atoms with E-state index in [1.165, 1.54) is 31.0 Å². The van der Waals surface area contributed by atoms with Crippen LogP contribution >= 0.6 is 0 Å². The van der Waals surface area contributed by atoms with Gasteiger partial charge in [0.25, 0.3) is 11.6 Å². The molecule has 1 aliphatic rings. The van der Waals surface area contributed by atoms with Gasteiger partial charge in [0.05, 0.1) is 17.2 Å². The van der Waals surface area contributed by atoms with Crippen LogP contribution in [0.3, 0.4) is 0 Å². The van der Waals surface area contributed by atoms with Crippen LogP contribution in [0.2, 0.25) is 0 Å². The molecule has 7 heteroatoms. The zero-order chi connectivity index (χ0) is 16.4. The number of carbonyl (C=O) groups is 1. The highest BCUT2D eigenvalue weighted by Gasteiger charge is 2.21. The number of nitro benzene ring substituents is 1. The first-order valence-corrected chi connectivity index (χ1v) is 7.66. The predicted molar refractivity (Wildman–Crippen MR) is 85.5 cm³/mol. The minimum absolute atomic E-state index is 0.0116. The molecule has 120 valence electrons. The van der Waals surface area contributed by atoms with Crippen molar-refractivity contribution >= 4 is 17.4 Å². The van der Waals surface area contributed by atoms with Gasteiger partial charge in [-0.1, -0.05) is 12.8 Å². The normalized spacial score (nSPS) is 14.8. The van der Waals surface area contributed by atoms with E-state index < -0.39 is 4.92 Å². The number of benzene rings is 1. The molecule has 1 heterocycles. The standard InChI is InChI=1S/C16H18N4O3/c1-11-10-12(6-7-14(11)20(22)23)16(21)18-15-8-9-17-19(15)13-4-2-3-5-13/h6-10,13H,2-5H2,1H3,(H,18,21). The summed E-state index contributed by atoms with van der Waals surface area (Å²) in [7, 11) is 0. The SMILES string of the molecule is Cc1cc(C(=O)Nc2ccnn2C2CCCC2)ccc1[N+](=O)[O-]. The van der Waals surface area contributed by atoms with Gasteiger partial charge >= 0.3 is 0 Å². The van der Waals surface area contributed by atoms with E-state index in [2.05, 4.69) is 10.4 Å². The first kappa shape index (κ1) is 15.2. The van der Waals surface area contributed by atoms with Crippen molar-refractivity contribution in [2.45, 2.75) is 38.6 Å². The number of nitrogens with zero attached hydrogens (tertiary/aromatic N) is 3. The maximum Gasteiger partial charge on any atom is 0.272 e. The third-order valence-electron chi connectivity index (χ3n) is 4.24. The van der Waals surface area contributed by atoms with E-state index >= 15 is 0 Å². The van der Waals surface area contributed by atoms with Gasteiger partial charge in [-0.2, -0.15) is 5.10 Å². The lowest BCUT2D eigenvalue weighted by molar-refractivity contribution is -0.385. The van der Waals surface area contributed by atoms with Crippen LogP contribution in [0.5, 0.6) is 0 Å². The number of nitrogens with one attached hydrogen (secondary N) is 1. The van der Waals surface area contributed by atoms with Gasteiger partial charge in [-0.25, -0.2) is 4.68 Å². The minimum atomic E-state index is -0.452. The van der Waals surface area contributed by atoms with Gasteiger partial charge in [0.1, 0.15) is 5.82 Å². The summed E-state index contributed by atoms with van der Waals surface area (Å²) in [5.74, 6) is 0.376. The van der Waals surface area contributed by atoms with E-state index in [9.17, 15) is 14.9 Å². The fourth-order valence-electron chi connectivity index (χ4n) is 3.04. The third kappa shape index (κ3) is 3.08. The van der Waals surface area contributed by atoms with Crippen molar-refractivity contribution in [3.05, 3.63) is 51.7 Å². The van der Waals surface area contributed by atoms with E-state index in [-0.39, 0.29) is 11.6 Å². The fraction of sp³-hybridized carbons (Fsp3) is 0.375. The van der Waals surface area contributed by atoms with Crippen LogP contribution in [0.4, 0.5) is 11.5 Å². The monoisotopic (exact) mass is 314 g/mol. The summed E-state index contributed by atoms with van der Waals surface area (Å²) in [6.45, 7) is 1.62. The molecule has 2 aromatic rings. The Bertz CT molecular complexity index is 748. The predicted octanol–water partition coefficient (Wildman–Crippen LogP) is 3.47. The van der Waals surface area contributed by atoms with E-state index in [1.807, 2.05) is 4.68 Å². The van der Waals surface area contributed by atoms with Crippen molar-refractivity contribution in [1.29, 1.82) is 0 Å². The quantitative estimate of drug-likeness (QED) is 0.691. The molecule has 0 saturated heterocycles. The zero-order valence-corrected chi connectivity index (χ0v) is 12.9. The molecular formula is C16H18N4O3. The number of aryl methyl sites for hydroxylation is 1. The Morgan fingerprint density at radius 1 is 1.35 bits per heavy atom. The van der Waals surface area contributed by atoms with Crippen LogP contribution in [-0.4, -0.2) is 20.6 Å². The molecule has 23 heavy (non-hydrogen) atoms. The highest BCUT2D eigenvalue weighted by atomic mass is 16.6. The summed E-state index contributed by atoms with van der Waals surface area (Å²) in [6, 6.07) is 6.46. The second-order valence-electron chi connectivity index (χ2n) is 5.81. The highest BCUT2D eigenvalue weighted by Crippen LogP contribution is 2.31. The number of hydrogen-bond acceptors (Lipinski definition) is 4. The number of aromatic nitrogens is 2. The average molecular weight is 314 g/mol. The fourth-order valence-corrected chi connectivity index (χ4v) is 3.04. The Hall–Kier alpha value is -2.70. The summed E-state index contributed by atoms with van der Waals surface area (Å²) in [5.41, 5.74) is 0.872. The summed E-state index contributed by atoms with van der Waals surface area (Å²) in [4.78, 5) is 22.8. The lowest BCUT2D eigenvalue weighted by Gasteiger charge is -2.14. The van der Waals surface area contributed by atoms with Crippen molar-refractivity contribution in [3.8, 4) is 0 Å². The Kier molecular flexibility index (Phi) is 4.10. The number of carbonyl (C=O) groups excluding carboxylic acids is 1. The molecule has 7 nitrogen and oxygen atoms in total. The number of nitro groups is 1. The van der Waals surface area contributed by atoms with Crippen molar-refractivity contribution in [3.63, 3.8) is 0 Å². The molecule has 1 aliphatic carbocycles. The molecule has 0 atom stereocenters. The Labute approximate surface area is 133 Å². The molecular weight excluding hydrogens is 296 g/mol. The molecule has 3 rings (SSSR count). The zero-order valence-electron chi connectivity index (χ0n) is 12.9. The average Bonchev–Trinajstić information content (AvgIpc) is 3.17. The van der Waals surface area contributed by atoms with Gasteiger partial charge in [0.2, 0.25) is 0 Å².